The number of hydrogen-bond acceptors (Lipinski definition) is 3. The average molecular weight is 742 g/mol. The van der Waals surface area contributed by atoms with Crippen LogP contribution in [0.5, 0.6) is 0 Å². The molecule has 1 unspecified atom stereocenters. The SMILES string of the molecule is c1ccc(-n2c3ccc(-c4ccc5c(c4)C4(c6ccccc6-c6ccccc6-5)c5ccccc5-c5cc6c(cc54)sc4ccccc46)cc3c3cccnc32)nc1. The second kappa shape index (κ2) is 11.5. The van der Waals surface area contributed by atoms with Gasteiger partial charge in [0.15, 0.2) is 0 Å². The highest BCUT2D eigenvalue weighted by atomic mass is 32.1. The molecule has 57 heavy (non-hydrogen) atoms. The molecule has 2 aliphatic rings. The number of thiophene rings is 1. The molecule has 0 saturated carbocycles. The fourth-order valence-electron chi connectivity index (χ4n) is 10.2. The number of aromatic nitrogens is 3. The maximum Gasteiger partial charge on any atom is 0.146 e. The number of nitrogens with zero attached hydrogens (tertiary/aromatic N) is 3. The van der Waals surface area contributed by atoms with Gasteiger partial charge in [0.2, 0.25) is 0 Å². The zero-order chi connectivity index (χ0) is 37.2. The Hall–Kier alpha value is -7.14. The van der Waals surface area contributed by atoms with E-state index in [9.17, 15) is 0 Å². The van der Waals surface area contributed by atoms with Crippen LogP contribution in [-0.4, -0.2) is 14.5 Å². The van der Waals surface area contributed by atoms with Crippen LogP contribution < -0.4 is 0 Å². The summed E-state index contributed by atoms with van der Waals surface area (Å²) in [5.41, 5.74) is 16.8. The second-order valence-electron chi connectivity index (χ2n) is 15.3. The van der Waals surface area contributed by atoms with Crippen LogP contribution in [0.2, 0.25) is 0 Å². The topological polar surface area (TPSA) is 30.7 Å². The molecule has 11 aromatic rings. The van der Waals surface area contributed by atoms with Gasteiger partial charge < -0.3 is 0 Å². The van der Waals surface area contributed by atoms with Crippen molar-refractivity contribution in [2.75, 3.05) is 0 Å². The van der Waals surface area contributed by atoms with Crippen LogP contribution in [0.25, 0.3) is 92.4 Å². The summed E-state index contributed by atoms with van der Waals surface area (Å²) in [7, 11) is 0. The molecule has 13 rings (SSSR count). The summed E-state index contributed by atoms with van der Waals surface area (Å²) in [5.74, 6) is 0.861. The van der Waals surface area contributed by atoms with Crippen LogP contribution in [0.3, 0.4) is 0 Å². The number of benzene rings is 7. The number of fused-ring (bicyclic) bond motifs is 18. The fourth-order valence-corrected chi connectivity index (χ4v) is 11.4. The smallest absolute Gasteiger partial charge is 0.146 e. The van der Waals surface area contributed by atoms with Gasteiger partial charge in [-0.1, -0.05) is 115 Å². The molecule has 4 heteroatoms. The van der Waals surface area contributed by atoms with Crippen molar-refractivity contribution in [3.8, 4) is 50.3 Å². The minimum Gasteiger partial charge on any atom is -0.278 e. The van der Waals surface area contributed by atoms with E-state index >= 15 is 0 Å². The molecule has 0 fully saturated rings. The Morgan fingerprint density at radius 1 is 0.386 bits per heavy atom. The molecule has 7 aromatic carbocycles. The Labute approximate surface area is 332 Å². The summed E-state index contributed by atoms with van der Waals surface area (Å²) in [4.78, 5) is 9.59. The highest BCUT2D eigenvalue weighted by Crippen LogP contribution is 2.62. The van der Waals surface area contributed by atoms with Crippen LogP contribution in [0.1, 0.15) is 22.3 Å². The minimum absolute atomic E-state index is 0.569. The lowest BCUT2D eigenvalue weighted by Gasteiger charge is -2.35. The molecule has 1 spiro atoms. The summed E-state index contributed by atoms with van der Waals surface area (Å²) in [6, 6.07) is 65.5. The third-order valence-electron chi connectivity index (χ3n) is 12.5. The lowest BCUT2D eigenvalue weighted by Crippen LogP contribution is -2.29. The maximum absolute atomic E-state index is 4.86. The van der Waals surface area contributed by atoms with E-state index in [1.807, 2.05) is 48.0 Å². The monoisotopic (exact) mass is 741 g/mol. The first-order chi connectivity index (χ1) is 28.3. The first kappa shape index (κ1) is 31.1. The van der Waals surface area contributed by atoms with Crippen molar-refractivity contribution in [1.82, 2.24) is 14.5 Å². The lowest BCUT2D eigenvalue weighted by atomic mass is 9.65. The normalized spacial score (nSPS) is 15.1. The Kier molecular flexibility index (Phi) is 6.25. The molecule has 0 radical (unpaired) electrons. The van der Waals surface area contributed by atoms with Gasteiger partial charge in [0.25, 0.3) is 0 Å². The average Bonchev–Trinajstić information content (AvgIpc) is 3.89. The fraction of sp³-hybridized carbons (Fsp3) is 0.0189. The van der Waals surface area contributed by atoms with E-state index in [0.29, 0.717) is 0 Å². The van der Waals surface area contributed by atoms with Crippen molar-refractivity contribution >= 4 is 53.4 Å². The van der Waals surface area contributed by atoms with Crippen LogP contribution >= 0.6 is 11.3 Å². The predicted molar refractivity (Wildman–Crippen MR) is 236 cm³/mol. The molecule has 1 atom stereocenters. The van der Waals surface area contributed by atoms with Gasteiger partial charge >= 0.3 is 0 Å². The molecule has 0 saturated heterocycles. The molecule has 264 valence electrons. The Morgan fingerprint density at radius 3 is 1.82 bits per heavy atom. The highest BCUT2D eigenvalue weighted by molar-refractivity contribution is 7.25. The summed E-state index contributed by atoms with van der Waals surface area (Å²) >= 11 is 1.90. The molecule has 2 aliphatic carbocycles. The Balaban J connectivity index is 1.14. The van der Waals surface area contributed by atoms with Crippen LogP contribution in [0, 0.1) is 0 Å². The third kappa shape index (κ3) is 4.10. The minimum atomic E-state index is -0.569. The summed E-state index contributed by atoms with van der Waals surface area (Å²) in [6.07, 6.45) is 3.71. The van der Waals surface area contributed by atoms with E-state index in [-0.39, 0.29) is 0 Å². The van der Waals surface area contributed by atoms with Gasteiger partial charge in [-0.2, -0.15) is 0 Å². The van der Waals surface area contributed by atoms with Crippen LogP contribution in [0.4, 0.5) is 0 Å². The van der Waals surface area contributed by atoms with Gasteiger partial charge in [0.05, 0.1) is 10.9 Å². The van der Waals surface area contributed by atoms with E-state index in [1.54, 1.807) is 0 Å². The molecule has 0 aliphatic heterocycles. The van der Waals surface area contributed by atoms with E-state index in [2.05, 4.69) is 156 Å². The quantitative estimate of drug-likeness (QED) is 0.177. The molecular weight excluding hydrogens is 711 g/mol. The molecule has 4 aromatic heterocycles. The van der Waals surface area contributed by atoms with Gasteiger partial charge in [-0.3, -0.25) is 4.57 Å². The Bertz CT molecular complexity index is 3480. The molecule has 4 heterocycles. The van der Waals surface area contributed by atoms with Crippen molar-refractivity contribution in [2.45, 2.75) is 5.41 Å². The number of hydrogen-bond donors (Lipinski definition) is 0. The summed E-state index contributed by atoms with van der Waals surface area (Å²) < 4.78 is 4.82. The zero-order valence-corrected chi connectivity index (χ0v) is 31.5. The zero-order valence-electron chi connectivity index (χ0n) is 30.6. The van der Waals surface area contributed by atoms with Gasteiger partial charge in [-0.05, 0) is 127 Å². The Morgan fingerprint density at radius 2 is 1.02 bits per heavy atom. The maximum atomic E-state index is 4.86. The van der Waals surface area contributed by atoms with Crippen molar-refractivity contribution in [3.63, 3.8) is 0 Å². The van der Waals surface area contributed by atoms with Crippen molar-refractivity contribution in [2.24, 2.45) is 0 Å². The van der Waals surface area contributed by atoms with E-state index in [1.165, 1.54) is 86.9 Å². The van der Waals surface area contributed by atoms with Crippen molar-refractivity contribution in [3.05, 3.63) is 211 Å². The third-order valence-corrected chi connectivity index (χ3v) is 13.7. The molecule has 0 amide bonds. The molecule has 0 bridgehead atoms. The number of rotatable bonds is 2. The second-order valence-corrected chi connectivity index (χ2v) is 16.4. The molecule has 3 nitrogen and oxygen atoms in total. The summed E-state index contributed by atoms with van der Waals surface area (Å²) in [5, 5.41) is 4.92. The van der Waals surface area contributed by atoms with E-state index in [4.69, 9.17) is 9.97 Å². The first-order valence-electron chi connectivity index (χ1n) is 19.5. The number of pyridine rings is 2. The van der Waals surface area contributed by atoms with Gasteiger partial charge in [-0.25, -0.2) is 9.97 Å². The van der Waals surface area contributed by atoms with Crippen molar-refractivity contribution in [1.29, 1.82) is 0 Å². The highest BCUT2D eigenvalue weighted by Gasteiger charge is 2.50. The standard InChI is InChI=1S/C53H31N3S/c1-2-13-35-34(12-1)36-14-3-6-18-44(36)53(45-19-7-4-15-37(45)41-30-43-39-16-5-8-20-49(39)57-50(43)31-47(41)53)46-29-33(22-24-38(35)46)32-23-25-48-42(28-32)40-17-11-27-55-52(40)56(48)51-21-9-10-26-54-51/h1-31H. The van der Waals surface area contributed by atoms with E-state index < -0.39 is 5.41 Å². The first-order valence-corrected chi connectivity index (χ1v) is 20.3. The van der Waals surface area contributed by atoms with E-state index in [0.717, 1.165) is 27.8 Å². The van der Waals surface area contributed by atoms with Crippen LogP contribution in [0.15, 0.2) is 188 Å². The largest absolute Gasteiger partial charge is 0.278 e. The predicted octanol–water partition coefficient (Wildman–Crippen LogP) is 13.6. The summed E-state index contributed by atoms with van der Waals surface area (Å²) in [6.45, 7) is 0. The van der Waals surface area contributed by atoms with Gasteiger partial charge in [0, 0.05) is 43.3 Å². The van der Waals surface area contributed by atoms with Crippen molar-refractivity contribution < 1.29 is 0 Å². The van der Waals surface area contributed by atoms with Crippen LogP contribution in [-0.2, 0) is 5.41 Å². The molecular formula is C53H31N3S. The lowest BCUT2D eigenvalue weighted by molar-refractivity contribution is 0.777. The van der Waals surface area contributed by atoms with Gasteiger partial charge in [0.1, 0.15) is 11.5 Å². The van der Waals surface area contributed by atoms with Gasteiger partial charge in [-0.15, -0.1) is 11.3 Å². The molecule has 0 N–H and O–H groups in total.